The highest BCUT2D eigenvalue weighted by Crippen LogP contribution is 2.35. The summed E-state index contributed by atoms with van der Waals surface area (Å²) in [6, 6.07) is 14.2. The minimum Gasteiger partial charge on any atom is -0.491 e. The van der Waals surface area contributed by atoms with E-state index in [1.54, 1.807) is 48.5 Å². The summed E-state index contributed by atoms with van der Waals surface area (Å²) in [4.78, 5) is 12.0. The van der Waals surface area contributed by atoms with E-state index in [2.05, 4.69) is 5.32 Å². The summed E-state index contributed by atoms with van der Waals surface area (Å²) in [6.45, 7) is 3.91. The third-order valence-corrected chi connectivity index (χ3v) is 3.50. The Hall–Kier alpha value is -2.33. The molecule has 0 radical (unpaired) electrons. The Morgan fingerprint density at radius 3 is 2.43 bits per heavy atom. The van der Waals surface area contributed by atoms with E-state index in [-0.39, 0.29) is 12.0 Å². The number of ether oxygens (including phenoxy) is 1. The summed E-state index contributed by atoms with van der Waals surface area (Å²) in [7, 11) is 0. The van der Waals surface area contributed by atoms with E-state index in [0.29, 0.717) is 16.7 Å². The molecular weight excluding hydrogens is 266 g/mol. The number of amides is 1. The highest BCUT2D eigenvalue weighted by Gasteiger charge is 2.42. The molecule has 1 heterocycles. The second-order valence-electron chi connectivity index (χ2n) is 5.40. The van der Waals surface area contributed by atoms with Crippen LogP contribution in [0.2, 0.25) is 0 Å². The number of aliphatic hydroxyl groups is 1. The standard InChI is InChI=1S/C17H17NO3/c1-11(2)21-13-9-7-12(8-10-13)17(20)15-6-4-3-5-14(15)16(19)18-17/h3-11,20H,1-2H3,(H,18,19). The molecule has 0 aromatic heterocycles. The zero-order valence-electron chi connectivity index (χ0n) is 12.0. The van der Waals surface area contributed by atoms with Crippen LogP contribution in [0.4, 0.5) is 0 Å². The molecule has 2 aromatic rings. The van der Waals surface area contributed by atoms with Crippen molar-refractivity contribution < 1.29 is 14.6 Å². The van der Waals surface area contributed by atoms with Gasteiger partial charge in [0, 0.05) is 16.7 Å². The van der Waals surface area contributed by atoms with Gasteiger partial charge in [0.2, 0.25) is 0 Å². The van der Waals surface area contributed by atoms with Crippen LogP contribution in [0.5, 0.6) is 5.75 Å². The lowest BCUT2D eigenvalue weighted by atomic mass is 9.94. The SMILES string of the molecule is CC(C)Oc1ccc(C2(O)NC(=O)c3ccccc32)cc1. The lowest BCUT2D eigenvalue weighted by molar-refractivity contribution is 0.0475. The van der Waals surface area contributed by atoms with Crippen LogP contribution >= 0.6 is 0 Å². The second kappa shape index (κ2) is 4.90. The fourth-order valence-corrected chi connectivity index (χ4v) is 2.57. The van der Waals surface area contributed by atoms with Gasteiger partial charge in [-0.15, -0.1) is 0 Å². The maximum atomic E-state index is 12.0. The van der Waals surface area contributed by atoms with Gasteiger partial charge in [0.15, 0.2) is 5.72 Å². The van der Waals surface area contributed by atoms with Crippen LogP contribution in [0.15, 0.2) is 48.5 Å². The van der Waals surface area contributed by atoms with Crippen molar-refractivity contribution in [3.05, 3.63) is 65.2 Å². The molecule has 108 valence electrons. The summed E-state index contributed by atoms with van der Waals surface area (Å²) >= 11 is 0. The van der Waals surface area contributed by atoms with E-state index >= 15 is 0 Å². The molecule has 1 unspecified atom stereocenters. The number of carbonyl (C=O) groups is 1. The fraction of sp³-hybridized carbons (Fsp3) is 0.235. The molecule has 1 aliphatic heterocycles. The van der Waals surface area contributed by atoms with E-state index < -0.39 is 5.72 Å². The Bertz CT molecular complexity index is 679. The van der Waals surface area contributed by atoms with Crippen LogP contribution in [-0.4, -0.2) is 17.1 Å². The van der Waals surface area contributed by atoms with Crippen molar-refractivity contribution in [1.82, 2.24) is 5.32 Å². The van der Waals surface area contributed by atoms with Gasteiger partial charge in [0.25, 0.3) is 5.91 Å². The summed E-state index contributed by atoms with van der Waals surface area (Å²) in [5.41, 5.74) is 0.205. The van der Waals surface area contributed by atoms with Crippen molar-refractivity contribution in [3.63, 3.8) is 0 Å². The van der Waals surface area contributed by atoms with Crippen molar-refractivity contribution in [2.75, 3.05) is 0 Å². The molecule has 1 aliphatic rings. The second-order valence-corrected chi connectivity index (χ2v) is 5.40. The molecule has 0 saturated heterocycles. The summed E-state index contributed by atoms with van der Waals surface area (Å²) in [5, 5.41) is 13.5. The first-order valence-corrected chi connectivity index (χ1v) is 6.92. The number of carbonyl (C=O) groups excluding carboxylic acids is 1. The molecule has 2 N–H and O–H groups in total. The van der Waals surface area contributed by atoms with Gasteiger partial charge in [-0.3, -0.25) is 4.79 Å². The topological polar surface area (TPSA) is 58.6 Å². The molecule has 0 spiro atoms. The Morgan fingerprint density at radius 1 is 1.10 bits per heavy atom. The summed E-state index contributed by atoms with van der Waals surface area (Å²) in [6.07, 6.45) is 0.0887. The molecule has 0 saturated carbocycles. The van der Waals surface area contributed by atoms with Crippen LogP contribution in [-0.2, 0) is 5.72 Å². The van der Waals surface area contributed by atoms with Gasteiger partial charge in [0.1, 0.15) is 5.75 Å². The molecule has 2 aromatic carbocycles. The zero-order chi connectivity index (χ0) is 15.0. The summed E-state index contributed by atoms with van der Waals surface area (Å²) < 4.78 is 5.59. The highest BCUT2D eigenvalue weighted by atomic mass is 16.5. The fourth-order valence-electron chi connectivity index (χ4n) is 2.57. The maximum Gasteiger partial charge on any atom is 0.254 e. The molecule has 1 atom stereocenters. The minimum atomic E-state index is -1.48. The third kappa shape index (κ3) is 2.28. The number of nitrogens with one attached hydrogen (secondary N) is 1. The Balaban J connectivity index is 1.99. The largest absolute Gasteiger partial charge is 0.491 e. The van der Waals surface area contributed by atoms with Crippen LogP contribution in [0, 0.1) is 0 Å². The van der Waals surface area contributed by atoms with Crippen molar-refractivity contribution >= 4 is 5.91 Å². The monoisotopic (exact) mass is 283 g/mol. The van der Waals surface area contributed by atoms with Gasteiger partial charge < -0.3 is 15.2 Å². The molecule has 0 bridgehead atoms. The predicted octanol–water partition coefficient (Wildman–Crippen LogP) is 2.41. The Morgan fingerprint density at radius 2 is 1.76 bits per heavy atom. The van der Waals surface area contributed by atoms with Crippen LogP contribution in [0.25, 0.3) is 0 Å². The minimum absolute atomic E-state index is 0.0887. The van der Waals surface area contributed by atoms with Gasteiger partial charge in [-0.25, -0.2) is 0 Å². The van der Waals surface area contributed by atoms with E-state index in [9.17, 15) is 9.90 Å². The van der Waals surface area contributed by atoms with E-state index in [1.807, 2.05) is 13.8 Å². The highest BCUT2D eigenvalue weighted by molar-refractivity contribution is 6.00. The van der Waals surface area contributed by atoms with Crippen LogP contribution < -0.4 is 10.1 Å². The summed E-state index contributed by atoms with van der Waals surface area (Å²) in [5.74, 6) is 0.463. The average Bonchev–Trinajstić information content (AvgIpc) is 2.72. The number of fused-ring (bicyclic) bond motifs is 1. The molecule has 3 rings (SSSR count). The lowest BCUT2D eigenvalue weighted by Gasteiger charge is -2.24. The first kappa shape index (κ1) is 13.6. The maximum absolute atomic E-state index is 12.0. The van der Waals surface area contributed by atoms with Gasteiger partial charge in [-0.05, 0) is 32.0 Å². The molecule has 21 heavy (non-hydrogen) atoms. The predicted molar refractivity (Wildman–Crippen MR) is 79.1 cm³/mol. The smallest absolute Gasteiger partial charge is 0.254 e. The quantitative estimate of drug-likeness (QED) is 0.909. The van der Waals surface area contributed by atoms with Crippen molar-refractivity contribution in [2.24, 2.45) is 0 Å². The van der Waals surface area contributed by atoms with Gasteiger partial charge in [-0.1, -0.05) is 30.3 Å². The van der Waals surface area contributed by atoms with Gasteiger partial charge >= 0.3 is 0 Å². The number of hydrogen-bond acceptors (Lipinski definition) is 3. The molecule has 4 nitrogen and oxygen atoms in total. The first-order valence-electron chi connectivity index (χ1n) is 6.92. The number of rotatable bonds is 3. The van der Waals surface area contributed by atoms with Crippen molar-refractivity contribution in [3.8, 4) is 5.75 Å². The van der Waals surface area contributed by atoms with E-state index in [0.717, 1.165) is 5.75 Å². The molecular formula is C17H17NO3. The molecule has 1 amide bonds. The van der Waals surface area contributed by atoms with E-state index in [1.165, 1.54) is 0 Å². The first-order chi connectivity index (χ1) is 10.0. The third-order valence-electron chi connectivity index (χ3n) is 3.50. The van der Waals surface area contributed by atoms with Crippen molar-refractivity contribution in [2.45, 2.75) is 25.7 Å². The number of benzene rings is 2. The van der Waals surface area contributed by atoms with Crippen molar-refractivity contribution in [1.29, 1.82) is 0 Å². The van der Waals surface area contributed by atoms with E-state index in [4.69, 9.17) is 4.74 Å². The van der Waals surface area contributed by atoms with Crippen LogP contribution in [0.3, 0.4) is 0 Å². The molecule has 0 aliphatic carbocycles. The van der Waals surface area contributed by atoms with Crippen LogP contribution in [0.1, 0.15) is 35.3 Å². The molecule has 4 heteroatoms. The van der Waals surface area contributed by atoms with Gasteiger partial charge in [-0.2, -0.15) is 0 Å². The van der Waals surface area contributed by atoms with Gasteiger partial charge in [0.05, 0.1) is 6.10 Å². The number of hydrogen-bond donors (Lipinski definition) is 2. The normalized spacial score (nSPS) is 20.3. The zero-order valence-corrected chi connectivity index (χ0v) is 12.0. The molecule has 0 fully saturated rings. The Labute approximate surface area is 123 Å². The Kier molecular flexibility index (Phi) is 3.18. The lowest BCUT2D eigenvalue weighted by Crippen LogP contribution is -2.40. The average molecular weight is 283 g/mol.